The highest BCUT2D eigenvalue weighted by atomic mass is 35.5. The molecule has 0 N–H and O–H groups in total. The highest BCUT2D eigenvalue weighted by molar-refractivity contribution is 8.19. The molecule has 0 atom stereocenters. The summed E-state index contributed by atoms with van der Waals surface area (Å²) in [5, 5.41) is 0.585. The Morgan fingerprint density at radius 3 is 2.32 bits per heavy atom. The summed E-state index contributed by atoms with van der Waals surface area (Å²) in [6, 6.07) is 15.8. The number of carbonyl (C=O) groups is 2. The minimum absolute atomic E-state index is 0.289. The van der Waals surface area contributed by atoms with Crippen LogP contribution in [-0.2, 0) is 4.79 Å². The summed E-state index contributed by atoms with van der Waals surface area (Å²) in [5.74, 6) is 0.535. The van der Waals surface area contributed by atoms with E-state index in [1.165, 1.54) is 0 Å². The number of hydrogen-bond donors (Lipinski definition) is 0. The molecule has 2 heterocycles. The molecule has 4 nitrogen and oxygen atoms in total. The van der Waals surface area contributed by atoms with E-state index < -0.39 is 0 Å². The molecule has 0 aliphatic carbocycles. The Hall–Kier alpha value is -2.47. The maximum atomic E-state index is 12.7. The molecule has 1 saturated heterocycles. The lowest BCUT2D eigenvalue weighted by Crippen LogP contribution is -2.27. The van der Waals surface area contributed by atoms with Gasteiger partial charge in [-0.2, -0.15) is 0 Å². The molecule has 2 aromatic carbocycles. The van der Waals surface area contributed by atoms with Crippen LogP contribution in [0.25, 0.3) is 17.4 Å². The molecule has 1 aliphatic rings. The van der Waals surface area contributed by atoms with Crippen molar-refractivity contribution in [2.24, 2.45) is 0 Å². The number of benzene rings is 2. The van der Waals surface area contributed by atoms with Crippen molar-refractivity contribution in [2.75, 3.05) is 4.90 Å². The van der Waals surface area contributed by atoms with E-state index in [1.807, 2.05) is 19.1 Å². The first-order valence-electron chi connectivity index (χ1n) is 8.33. The topological polar surface area (TPSA) is 50.5 Å². The first-order valence-corrected chi connectivity index (χ1v) is 9.90. The average Bonchev–Trinajstić information content (AvgIpc) is 3.21. The third-order valence-electron chi connectivity index (χ3n) is 4.20. The van der Waals surface area contributed by atoms with Crippen LogP contribution < -0.4 is 4.90 Å². The van der Waals surface area contributed by atoms with E-state index in [-0.39, 0.29) is 16.1 Å². The van der Waals surface area contributed by atoms with Crippen molar-refractivity contribution in [1.82, 2.24) is 0 Å². The van der Waals surface area contributed by atoms with Crippen molar-refractivity contribution in [3.63, 3.8) is 0 Å². The molecule has 4 rings (SSSR count). The van der Waals surface area contributed by atoms with Gasteiger partial charge in [0.05, 0.1) is 26.2 Å². The zero-order valence-electron chi connectivity index (χ0n) is 14.6. The first-order chi connectivity index (χ1) is 13.4. The number of aryl methyl sites for hydroxylation is 1. The minimum atomic E-state index is -0.382. The Morgan fingerprint density at radius 1 is 0.964 bits per heavy atom. The number of furan rings is 1. The lowest BCUT2D eigenvalue weighted by Gasteiger charge is -2.12. The second-order valence-electron chi connectivity index (χ2n) is 6.15. The zero-order chi connectivity index (χ0) is 19.8. The van der Waals surface area contributed by atoms with Gasteiger partial charge in [-0.05, 0) is 55.1 Å². The van der Waals surface area contributed by atoms with Crippen LogP contribution in [0.15, 0.2) is 63.9 Å². The molecule has 0 radical (unpaired) electrons. The molecular weight excluding hydrogens is 417 g/mol. The Labute approximate surface area is 175 Å². The molecule has 28 heavy (non-hydrogen) atoms. The number of rotatable bonds is 3. The molecule has 2 amide bonds. The van der Waals surface area contributed by atoms with Crippen molar-refractivity contribution in [1.29, 1.82) is 0 Å². The third kappa shape index (κ3) is 3.49. The van der Waals surface area contributed by atoms with Gasteiger partial charge >= 0.3 is 0 Å². The normalized spacial score (nSPS) is 15.7. The van der Waals surface area contributed by atoms with Gasteiger partial charge in [-0.3, -0.25) is 9.59 Å². The number of anilines is 1. The minimum Gasteiger partial charge on any atom is -0.457 e. The SMILES string of the molecule is Cc1ccc(N2C(=O)S/C(=C/c3ccc(-c4c(Cl)cccc4Cl)o3)C2=O)cc1. The van der Waals surface area contributed by atoms with Crippen molar-refractivity contribution >= 4 is 57.9 Å². The van der Waals surface area contributed by atoms with E-state index in [1.54, 1.807) is 48.5 Å². The van der Waals surface area contributed by atoms with Crippen LogP contribution in [-0.4, -0.2) is 11.1 Å². The number of halogens is 2. The van der Waals surface area contributed by atoms with Gasteiger partial charge in [-0.15, -0.1) is 0 Å². The first kappa shape index (κ1) is 18.9. The molecule has 140 valence electrons. The number of hydrogen-bond acceptors (Lipinski definition) is 4. The second-order valence-corrected chi connectivity index (χ2v) is 7.96. The van der Waals surface area contributed by atoms with Gasteiger partial charge in [-0.25, -0.2) is 4.90 Å². The van der Waals surface area contributed by atoms with Gasteiger partial charge in [0.1, 0.15) is 11.5 Å². The van der Waals surface area contributed by atoms with Gasteiger partial charge in [0.2, 0.25) is 0 Å². The zero-order valence-corrected chi connectivity index (χ0v) is 16.9. The third-order valence-corrected chi connectivity index (χ3v) is 5.69. The van der Waals surface area contributed by atoms with Gasteiger partial charge < -0.3 is 4.42 Å². The molecule has 3 aromatic rings. The van der Waals surface area contributed by atoms with Gasteiger partial charge in [0.15, 0.2) is 0 Å². The fourth-order valence-electron chi connectivity index (χ4n) is 2.81. The number of thioether (sulfide) groups is 1. The quantitative estimate of drug-likeness (QED) is 0.429. The van der Waals surface area contributed by atoms with E-state index in [9.17, 15) is 9.59 Å². The fourth-order valence-corrected chi connectivity index (χ4v) is 4.22. The molecule has 1 aliphatic heterocycles. The number of carbonyl (C=O) groups excluding carboxylic acids is 2. The molecule has 0 saturated carbocycles. The van der Waals surface area contributed by atoms with E-state index >= 15 is 0 Å². The molecule has 1 fully saturated rings. The highest BCUT2D eigenvalue weighted by Crippen LogP contribution is 2.38. The lowest BCUT2D eigenvalue weighted by atomic mass is 10.2. The molecule has 0 spiro atoms. The maximum Gasteiger partial charge on any atom is 0.298 e. The van der Waals surface area contributed by atoms with E-state index in [4.69, 9.17) is 27.6 Å². The number of nitrogens with zero attached hydrogens (tertiary/aromatic N) is 1. The smallest absolute Gasteiger partial charge is 0.298 e. The monoisotopic (exact) mass is 429 g/mol. The van der Waals surface area contributed by atoms with E-state index in [0.29, 0.717) is 32.8 Å². The van der Waals surface area contributed by atoms with E-state index in [0.717, 1.165) is 22.2 Å². The van der Waals surface area contributed by atoms with Crippen LogP contribution in [0.4, 0.5) is 10.5 Å². The number of imide groups is 1. The van der Waals surface area contributed by atoms with Crippen LogP contribution >= 0.6 is 35.0 Å². The molecule has 7 heteroatoms. The van der Waals surface area contributed by atoms with Crippen LogP contribution in [0.5, 0.6) is 0 Å². The molecule has 0 bridgehead atoms. The van der Waals surface area contributed by atoms with Gasteiger partial charge in [0.25, 0.3) is 11.1 Å². The summed E-state index contributed by atoms with van der Waals surface area (Å²) >= 11 is 13.3. The molecule has 0 unspecified atom stereocenters. The van der Waals surface area contributed by atoms with Crippen molar-refractivity contribution < 1.29 is 14.0 Å². The van der Waals surface area contributed by atoms with Crippen molar-refractivity contribution in [3.8, 4) is 11.3 Å². The predicted octanol–water partition coefficient (Wildman–Crippen LogP) is 6.80. The summed E-state index contributed by atoms with van der Waals surface area (Å²) in [6.07, 6.45) is 1.55. The summed E-state index contributed by atoms with van der Waals surface area (Å²) < 4.78 is 5.79. The van der Waals surface area contributed by atoms with Crippen LogP contribution in [0, 0.1) is 6.92 Å². The van der Waals surface area contributed by atoms with Crippen molar-refractivity contribution in [2.45, 2.75) is 6.92 Å². The Bertz CT molecular complexity index is 1100. The van der Waals surface area contributed by atoms with Crippen LogP contribution in [0.2, 0.25) is 10.0 Å². The Kier molecular flexibility index (Phi) is 5.06. The summed E-state index contributed by atoms with van der Waals surface area (Å²) in [4.78, 5) is 26.5. The molecular formula is C21H13Cl2NO3S. The predicted molar refractivity (Wildman–Crippen MR) is 114 cm³/mol. The summed E-state index contributed by atoms with van der Waals surface area (Å²) in [6.45, 7) is 1.94. The number of amides is 2. The van der Waals surface area contributed by atoms with E-state index in [2.05, 4.69) is 0 Å². The average molecular weight is 430 g/mol. The second kappa shape index (κ2) is 7.51. The maximum absolute atomic E-state index is 12.7. The van der Waals surface area contributed by atoms with Crippen LogP contribution in [0.1, 0.15) is 11.3 Å². The lowest BCUT2D eigenvalue weighted by molar-refractivity contribution is -0.113. The van der Waals surface area contributed by atoms with Gasteiger partial charge in [0, 0.05) is 6.08 Å². The largest absolute Gasteiger partial charge is 0.457 e. The van der Waals surface area contributed by atoms with Gasteiger partial charge in [-0.1, -0.05) is 47.0 Å². The Balaban J connectivity index is 1.64. The Morgan fingerprint density at radius 2 is 1.64 bits per heavy atom. The molecule has 1 aromatic heterocycles. The fraction of sp³-hybridized carbons (Fsp3) is 0.0476. The standard InChI is InChI=1S/C21H13Cl2NO3S/c1-12-5-7-13(8-6-12)24-20(25)18(28-21(24)26)11-14-9-10-17(27-14)19-15(22)3-2-4-16(19)23/h2-11H,1H3/b18-11+. The summed E-state index contributed by atoms with van der Waals surface area (Å²) in [5.41, 5.74) is 2.17. The van der Waals surface area contributed by atoms with Crippen LogP contribution in [0.3, 0.4) is 0 Å². The highest BCUT2D eigenvalue weighted by Gasteiger charge is 2.36. The van der Waals surface area contributed by atoms with Crippen molar-refractivity contribution in [3.05, 3.63) is 80.9 Å². The summed E-state index contributed by atoms with van der Waals surface area (Å²) in [7, 11) is 0.